The lowest BCUT2D eigenvalue weighted by Crippen LogP contribution is -2.27. The van der Waals surface area contributed by atoms with Crippen molar-refractivity contribution >= 4 is 22.4 Å². The Kier molecular flexibility index (Phi) is 5.14. The molecule has 1 N–H and O–H groups in total. The van der Waals surface area contributed by atoms with Crippen LogP contribution in [0.4, 0.5) is 5.69 Å². The van der Waals surface area contributed by atoms with E-state index in [-0.39, 0.29) is 11.7 Å². The number of nitrogens with one attached hydrogen (secondary N) is 1. The van der Waals surface area contributed by atoms with E-state index in [2.05, 4.69) is 47.8 Å². The Labute approximate surface area is 199 Å². The summed E-state index contributed by atoms with van der Waals surface area (Å²) in [5, 5.41) is 4.68. The summed E-state index contributed by atoms with van der Waals surface area (Å²) >= 11 is 0. The van der Waals surface area contributed by atoms with Crippen molar-refractivity contribution in [3.63, 3.8) is 0 Å². The van der Waals surface area contributed by atoms with Gasteiger partial charge in [-0.05, 0) is 66.8 Å². The number of pyridine rings is 1. The summed E-state index contributed by atoms with van der Waals surface area (Å²) in [5.41, 5.74) is 8.36. The molecule has 4 nitrogen and oxygen atoms in total. The number of aryl methyl sites for hydroxylation is 1. The molecule has 0 saturated carbocycles. The van der Waals surface area contributed by atoms with Crippen molar-refractivity contribution in [1.82, 2.24) is 4.98 Å². The fourth-order valence-corrected chi connectivity index (χ4v) is 5.21. The van der Waals surface area contributed by atoms with Crippen molar-refractivity contribution in [2.24, 2.45) is 0 Å². The second-order valence-electron chi connectivity index (χ2n) is 9.12. The van der Waals surface area contributed by atoms with Gasteiger partial charge in [0.25, 0.3) is 0 Å². The maximum Gasteiger partial charge on any atom is 0.161 e. The van der Waals surface area contributed by atoms with Crippen molar-refractivity contribution in [2.45, 2.75) is 38.7 Å². The third-order valence-electron chi connectivity index (χ3n) is 6.83. The molecule has 1 aliphatic heterocycles. The van der Waals surface area contributed by atoms with Gasteiger partial charge in [0.1, 0.15) is 12.4 Å². The van der Waals surface area contributed by atoms with Crippen molar-refractivity contribution in [2.75, 3.05) is 5.32 Å². The lowest BCUT2D eigenvalue weighted by Gasteiger charge is -2.35. The van der Waals surface area contributed by atoms with Crippen LogP contribution in [-0.4, -0.2) is 10.8 Å². The van der Waals surface area contributed by atoms with E-state index in [1.807, 2.05) is 43.3 Å². The van der Waals surface area contributed by atoms with Crippen molar-refractivity contribution in [3.8, 4) is 5.75 Å². The Bertz CT molecular complexity index is 1420. The predicted octanol–water partition coefficient (Wildman–Crippen LogP) is 6.69. The zero-order valence-corrected chi connectivity index (χ0v) is 19.2. The maximum atomic E-state index is 13.2. The normalized spacial score (nSPS) is 17.2. The molecule has 0 spiro atoms. The Morgan fingerprint density at radius 1 is 0.941 bits per heavy atom. The zero-order valence-electron chi connectivity index (χ0n) is 19.2. The largest absolute Gasteiger partial charge is 0.489 e. The highest BCUT2D eigenvalue weighted by Gasteiger charge is 2.36. The van der Waals surface area contributed by atoms with E-state index in [0.29, 0.717) is 13.0 Å². The number of rotatable bonds is 4. The average molecular weight is 447 g/mol. The first kappa shape index (κ1) is 20.7. The summed E-state index contributed by atoms with van der Waals surface area (Å²) in [4.78, 5) is 18.0. The molecule has 0 radical (unpaired) electrons. The minimum absolute atomic E-state index is 0.115. The molecular weight excluding hydrogens is 420 g/mol. The monoisotopic (exact) mass is 446 g/mol. The molecule has 2 aliphatic rings. The summed E-state index contributed by atoms with van der Waals surface area (Å²) in [6, 6.07) is 26.8. The van der Waals surface area contributed by atoms with Gasteiger partial charge in [-0.3, -0.25) is 9.78 Å². The number of benzene rings is 3. The molecule has 4 heteroatoms. The van der Waals surface area contributed by atoms with Crippen LogP contribution in [0.2, 0.25) is 0 Å². The number of fused-ring (bicyclic) bond motifs is 3. The average Bonchev–Trinajstić information content (AvgIpc) is 2.87. The first-order valence-electron chi connectivity index (χ1n) is 11.9. The highest BCUT2D eigenvalue weighted by molar-refractivity contribution is 6.03. The van der Waals surface area contributed by atoms with Crippen LogP contribution >= 0.6 is 0 Å². The second kappa shape index (κ2) is 8.45. The molecule has 0 bridgehead atoms. The molecule has 3 aromatic carbocycles. The molecule has 34 heavy (non-hydrogen) atoms. The summed E-state index contributed by atoms with van der Waals surface area (Å²) in [7, 11) is 0. The highest BCUT2D eigenvalue weighted by Crippen LogP contribution is 2.48. The van der Waals surface area contributed by atoms with Crippen molar-refractivity contribution in [3.05, 3.63) is 113 Å². The first-order chi connectivity index (χ1) is 16.7. The number of aromatic nitrogens is 1. The van der Waals surface area contributed by atoms with Gasteiger partial charge in [-0.1, -0.05) is 48.5 Å². The number of hydrogen-bond donors (Lipinski definition) is 1. The Hall–Kier alpha value is -3.92. The maximum absolute atomic E-state index is 13.2. The van der Waals surface area contributed by atoms with Gasteiger partial charge in [0.2, 0.25) is 0 Å². The molecule has 0 fully saturated rings. The number of nitrogens with zero attached hydrogens (tertiary/aromatic N) is 1. The molecule has 1 aromatic heterocycles. The first-order valence-corrected chi connectivity index (χ1v) is 11.9. The van der Waals surface area contributed by atoms with Crippen LogP contribution in [0.3, 0.4) is 0 Å². The number of hydrogen-bond acceptors (Lipinski definition) is 4. The van der Waals surface area contributed by atoms with E-state index in [0.717, 1.165) is 68.8 Å². The van der Waals surface area contributed by atoms with Gasteiger partial charge >= 0.3 is 0 Å². The summed E-state index contributed by atoms with van der Waals surface area (Å²) in [6.45, 7) is 2.54. The molecule has 1 atom stereocenters. The molecule has 4 aromatic rings. The van der Waals surface area contributed by atoms with Gasteiger partial charge in [0.05, 0.1) is 5.52 Å². The van der Waals surface area contributed by atoms with Crippen LogP contribution in [0.1, 0.15) is 47.6 Å². The summed E-state index contributed by atoms with van der Waals surface area (Å²) in [6.07, 6.45) is 2.40. The fraction of sp³-hybridized carbons (Fsp3) is 0.200. The standard InChI is InChI=1S/C30H26N2O2/c1-19-10-15-23-24(31-19)16-17-26-29(23)28(30-25(32-26)8-5-9-27(30)33)21-11-13-22(14-12-21)34-18-20-6-3-2-4-7-20/h2-4,6-7,10-17,28,32H,5,8-9,18H2,1H3. The van der Waals surface area contributed by atoms with Crippen LogP contribution in [0.15, 0.2) is 90.1 Å². The van der Waals surface area contributed by atoms with Gasteiger partial charge in [-0.15, -0.1) is 0 Å². The molecule has 2 heterocycles. The number of Topliss-reactive ketones (excluding diaryl/α,β-unsaturated/α-hetero) is 1. The van der Waals surface area contributed by atoms with Gasteiger partial charge in [0, 0.05) is 40.4 Å². The zero-order chi connectivity index (χ0) is 23.1. The number of anilines is 1. The number of allylic oxidation sites excluding steroid dienone is 2. The molecule has 0 amide bonds. The molecule has 6 rings (SSSR count). The SMILES string of the molecule is Cc1ccc2c3c(ccc2n1)NC1=C(C(=O)CCC1)C3c1ccc(OCc2ccccc2)cc1. The van der Waals surface area contributed by atoms with E-state index in [9.17, 15) is 4.79 Å². The van der Waals surface area contributed by atoms with Gasteiger partial charge in [-0.2, -0.15) is 0 Å². The van der Waals surface area contributed by atoms with Crippen LogP contribution in [0.5, 0.6) is 5.75 Å². The van der Waals surface area contributed by atoms with Crippen LogP contribution in [-0.2, 0) is 11.4 Å². The van der Waals surface area contributed by atoms with Crippen LogP contribution < -0.4 is 10.1 Å². The number of ether oxygens (including phenoxy) is 1. The van der Waals surface area contributed by atoms with E-state index in [1.165, 1.54) is 0 Å². The van der Waals surface area contributed by atoms with E-state index >= 15 is 0 Å². The van der Waals surface area contributed by atoms with Crippen molar-refractivity contribution in [1.29, 1.82) is 0 Å². The van der Waals surface area contributed by atoms with Gasteiger partial charge in [-0.25, -0.2) is 0 Å². The third kappa shape index (κ3) is 3.65. The minimum Gasteiger partial charge on any atom is -0.489 e. The van der Waals surface area contributed by atoms with E-state index in [1.54, 1.807) is 0 Å². The van der Waals surface area contributed by atoms with Gasteiger partial charge < -0.3 is 10.1 Å². The summed E-state index contributed by atoms with van der Waals surface area (Å²) < 4.78 is 6.01. The second-order valence-corrected chi connectivity index (χ2v) is 9.12. The minimum atomic E-state index is -0.115. The Morgan fingerprint density at radius 2 is 1.76 bits per heavy atom. The topological polar surface area (TPSA) is 51.2 Å². The number of carbonyl (C=O) groups is 1. The smallest absolute Gasteiger partial charge is 0.161 e. The van der Waals surface area contributed by atoms with Gasteiger partial charge in [0.15, 0.2) is 5.78 Å². The van der Waals surface area contributed by atoms with E-state index in [4.69, 9.17) is 9.72 Å². The molecule has 1 unspecified atom stereocenters. The van der Waals surface area contributed by atoms with E-state index < -0.39 is 0 Å². The Morgan fingerprint density at radius 3 is 2.59 bits per heavy atom. The number of carbonyl (C=O) groups excluding carboxylic acids is 1. The molecular formula is C30H26N2O2. The number of ketones is 1. The fourth-order valence-electron chi connectivity index (χ4n) is 5.21. The predicted molar refractivity (Wildman–Crippen MR) is 135 cm³/mol. The highest BCUT2D eigenvalue weighted by atomic mass is 16.5. The molecule has 168 valence electrons. The van der Waals surface area contributed by atoms with Crippen molar-refractivity contribution < 1.29 is 9.53 Å². The lowest BCUT2D eigenvalue weighted by atomic mass is 9.74. The summed E-state index contributed by atoms with van der Waals surface area (Å²) in [5.74, 6) is 0.947. The lowest BCUT2D eigenvalue weighted by molar-refractivity contribution is -0.116. The van der Waals surface area contributed by atoms with Crippen LogP contribution in [0.25, 0.3) is 10.9 Å². The molecule has 1 aliphatic carbocycles. The van der Waals surface area contributed by atoms with Crippen LogP contribution in [0, 0.1) is 6.92 Å². The Balaban J connectivity index is 1.42. The molecule has 0 saturated heterocycles. The quantitative estimate of drug-likeness (QED) is 0.380. The third-order valence-corrected chi connectivity index (χ3v) is 6.83.